The van der Waals surface area contributed by atoms with Gasteiger partial charge in [-0.25, -0.2) is 22.2 Å². The summed E-state index contributed by atoms with van der Waals surface area (Å²) in [7, 11) is -4.07. The molecule has 126 valence electrons. The van der Waals surface area contributed by atoms with E-state index >= 15 is 0 Å². The summed E-state index contributed by atoms with van der Waals surface area (Å²) >= 11 is 0. The van der Waals surface area contributed by atoms with Crippen LogP contribution in [0.3, 0.4) is 0 Å². The number of hydrogen-bond acceptors (Lipinski definition) is 3. The summed E-state index contributed by atoms with van der Waals surface area (Å²) in [5.74, 6) is 0.511. The van der Waals surface area contributed by atoms with Crippen LogP contribution in [0.25, 0.3) is 0 Å². The SMILES string of the molecule is CC(C)c1ncc(S(=O)(=O)N(Cc2ccccc2)CC(F)F)[nH]1. The Morgan fingerprint density at radius 3 is 2.39 bits per heavy atom. The molecule has 2 aromatic rings. The van der Waals surface area contributed by atoms with Crippen molar-refractivity contribution in [3.63, 3.8) is 0 Å². The lowest BCUT2D eigenvalue weighted by atomic mass is 10.2. The third-order valence-corrected chi connectivity index (χ3v) is 5.00. The Kier molecular flexibility index (Phi) is 5.48. The largest absolute Gasteiger partial charge is 0.332 e. The first-order valence-corrected chi connectivity index (χ1v) is 8.62. The van der Waals surface area contributed by atoms with Crippen LogP contribution in [0.1, 0.15) is 31.2 Å². The lowest BCUT2D eigenvalue weighted by molar-refractivity contribution is 0.118. The number of nitrogens with one attached hydrogen (secondary N) is 1. The topological polar surface area (TPSA) is 66.1 Å². The van der Waals surface area contributed by atoms with Crippen LogP contribution in [0.15, 0.2) is 41.6 Å². The molecule has 0 atom stereocenters. The number of halogens is 2. The maximum atomic E-state index is 12.8. The molecule has 8 heteroatoms. The summed E-state index contributed by atoms with van der Waals surface area (Å²) in [4.78, 5) is 6.71. The van der Waals surface area contributed by atoms with E-state index in [-0.39, 0.29) is 17.5 Å². The molecule has 0 fully saturated rings. The predicted molar refractivity (Wildman–Crippen MR) is 82.7 cm³/mol. The molecule has 0 saturated carbocycles. The summed E-state index contributed by atoms with van der Waals surface area (Å²) in [6.45, 7) is 2.73. The maximum absolute atomic E-state index is 12.8. The number of hydrogen-bond donors (Lipinski definition) is 1. The molecule has 0 aliphatic heterocycles. The van der Waals surface area contributed by atoms with Crippen molar-refractivity contribution in [3.8, 4) is 0 Å². The van der Waals surface area contributed by atoms with Gasteiger partial charge in [-0.05, 0) is 5.56 Å². The maximum Gasteiger partial charge on any atom is 0.260 e. The Bertz CT molecular complexity index is 730. The molecule has 0 saturated heterocycles. The average Bonchev–Trinajstić information content (AvgIpc) is 2.98. The van der Waals surface area contributed by atoms with Gasteiger partial charge in [0.25, 0.3) is 16.4 Å². The second kappa shape index (κ2) is 7.18. The van der Waals surface area contributed by atoms with E-state index in [1.807, 2.05) is 13.8 Å². The highest BCUT2D eigenvalue weighted by Crippen LogP contribution is 2.20. The number of aromatic amines is 1. The molecule has 0 aliphatic carbocycles. The molecule has 0 aliphatic rings. The van der Waals surface area contributed by atoms with Gasteiger partial charge >= 0.3 is 0 Å². The van der Waals surface area contributed by atoms with Crippen LogP contribution in [0.4, 0.5) is 8.78 Å². The van der Waals surface area contributed by atoms with E-state index in [1.54, 1.807) is 30.3 Å². The molecule has 0 unspecified atom stereocenters. The number of H-pyrrole nitrogens is 1. The smallest absolute Gasteiger partial charge is 0.260 e. The zero-order valence-corrected chi connectivity index (χ0v) is 13.7. The third kappa shape index (κ3) is 4.35. The minimum atomic E-state index is -4.07. The molecular formula is C15H19F2N3O2S. The van der Waals surface area contributed by atoms with Gasteiger partial charge in [0.2, 0.25) is 0 Å². The van der Waals surface area contributed by atoms with Gasteiger partial charge in [0.15, 0.2) is 5.03 Å². The highest BCUT2D eigenvalue weighted by Gasteiger charge is 2.29. The zero-order chi connectivity index (χ0) is 17.0. The molecule has 0 amide bonds. The number of benzene rings is 1. The van der Waals surface area contributed by atoms with E-state index < -0.39 is 23.0 Å². The molecule has 1 aromatic carbocycles. The van der Waals surface area contributed by atoms with E-state index in [0.717, 1.165) is 4.31 Å². The van der Waals surface area contributed by atoms with Gasteiger partial charge in [-0.3, -0.25) is 0 Å². The first-order chi connectivity index (χ1) is 10.8. The predicted octanol–water partition coefficient (Wildman–Crippen LogP) is 2.99. The van der Waals surface area contributed by atoms with E-state index in [4.69, 9.17) is 0 Å². The van der Waals surface area contributed by atoms with E-state index in [0.29, 0.717) is 11.4 Å². The van der Waals surface area contributed by atoms with Gasteiger partial charge in [-0.15, -0.1) is 0 Å². The standard InChI is InChI=1S/C15H19F2N3O2S/c1-11(2)15-18-8-14(19-15)23(21,22)20(10-13(16)17)9-12-6-4-3-5-7-12/h3-8,11,13H,9-10H2,1-2H3,(H,18,19). The van der Waals surface area contributed by atoms with Crippen LogP contribution in [0, 0.1) is 0 Å². The fourth-order valence-corrected chi connectivity index (χ4v) is 3.40. The van der Waals surface area contributed by atoms with Crippen molar-refractivity contribution in [1.29, 1.82) is 0 Å². The van der Waals surface area contributed by atoms with E-state index in [1.165, 1.54) is 6.20 Å². The lowest BCUT2D eigenvalue weighted by Crippen LogP contribution is -2.34. The van der Waals surface area contributed by atoms with Crippen LogP contribution < -0.4 is 0 Å². The third-order valence-electron chi connectivity index (χ3n) is 3.28. The van der Waals surface area contributed by atoms with E-state index in [9.17, 15) is 17.2 Å². The van der Waals surface area contributed by atoms with Crippen LogP contribution in [-0.4, -0.2) is 35.7 Å². The van der Waals surface area contributed by atoms with Crippen LogP contribution in [-0.2, 0) is 16.6 Å². The highest BCUT2D eigenvalue weighted by molar-refractivity contribution is 7.89. The van der Waals surface area contributed by atoms with Gasteiger partial charge in [0.05, 0.1) is 12.7 Å². The molecule has 23 heavy (non-hydrogen) atoms. The van der Waals surface area contributed by atoms with Gasteiger partial charge in [0, 0.05) is 12.5 Å². The van der Waals surface area contributed by atoms with Crippen molar-refractivity contribution in [2.75, 3.05) is 6.54 Å². The van der Waals surface area contributed by atoms with Gasteiger partial charge in [-0.2, -0.15) is 4.31 Å². The monoisotopic (exact) mass is 343 g/mol. The van der Waals surface area contributed by atoms with Gasteiger partial charge < -0.3 is 4.98 Å². The number of sulfonamides is 1. The van der Waals surface area contributed by atoms with Crippen molar-refractivity contribution in [2.45, 2.75) is 37.8 Å². The first kappa shape index (κ1) is 17.6. The highest BCUT2D eigenvalue weighted by atomic mass is 32.2. The molecule has 0 bridgehead atoms. The fourth-order valence-electron chi connectivity index (χ4n) is 2.07. The number of rotatable bonds is 7. The Morgan fingerprint density at radius 1 is 1.22 bits per heavy atom. The van der Waals surface area contributed by atoms with Crippen molar-refractivity contribution in [2.24, 2.45) is 0 Å². The molecule has 0 spiro atoms. The quantitative estimate of drug-likeness (QED) is 0.840. The zero-order valence-electron chi connectivity index (χ0n) is 12.9. The number of imidazole rings is 1. The fraction of sp³-hybridized carbons (Fsp3) is 0.400. The second-order valence-corrected chi connectivity index (χ2v) is 7.37. The van der Waals surface area contributed by atoms with E-state index in [2.05, 4.69) is 9.97 Å². The van der Waals surface area contributed by atoms with Gasteiger partial charge in [-0.1, -0.05) is 44.2 Å². The summed E-state index contributed by atoms with van der Waals surface area (Å²) < 4.78 is 51.7. The second-order valence-electron chi connectivity index (χ2n) is 5.46. The molecule has 2 rings (SSSR count). The van der Waals surface area contributed by atoms with Crippen molar-refractivity contribution >= 4 is 10.0 Å². The summed E-state index contributed by atoms with van der Waals surface area (Å²) in [6.07, 6.45) is -1.59. The van der Waals surface area contributed by atoms with Crippen molar-refractivity contribution in [1.82, 2.24) is 14.3 Å². The Hall–Kier alpha value is -1.80. The number of aromatic nitrogens is 2. The normalized spacial score (nSPS) is 12.5. The van der Waals surface area contributed by atoms with Crippen LogP contribution in [0.5, 0.6) is 0 Å². The van der Waals surface area contributed by atoms with Crippen molar-refractivity contribution in [3.05, 3.63) is 47.9 Å². The Balaban J connectivity index is 2.32. The van der Waals surface area contributed by atoms with Crippen LogP contribution >= 0.6 is 0 Å². The first-order valence-electron chi connectivity index (χ1n) is 7.18. The average molecular weight is 343 g/mol. The lowest BCUT2D eigenvalue weighted by Gasteiger charge is -2.21. The number of nitrogens with zero attached hydrogens (tertiary/aromatic N) is 2. The molecule has 1 heterocycles. The molecule has 5 nitrogen and oxygen atoms in total. The summed E-state index contributed by atoms with van der Waals surface area (Å²) in [6, 6.07) is 8.63. The summed E-state index contributed by atoms with van der Waals surface area (Å²) in [5.41, 5.74) is 0.639. The molecular weight excluding hydrogens is 324 g/mol. The Morgan fingerprint density at radius 2 is 1.87 bits per heavy atom. The molecule has 1 aromatic heterocycles. The minimum absolute atomic E-state index is 0.0108. The molecule has 0 radical (unpaired) electrons. The minimum Gasteiger partial charge on any atom is -0.332 e. The molecule has 1 N–H and O–H groups in total. The summed E-state index contributed by atoms with van der Waals surface area (Å²) in [5, 5.41) is -0.169. The van der Waals surface area contributed by atoms with Crippen molar-refractivity contribution < 1.29 is 17.2 Å². The number of alkyl halides is 2. The van der Waals surface area contributed by atoms with Crippen LogP contribution in [0.2, 0.25) is 0 Å². The van der Waals surface area contributed by atoms with Gasteiger partial charge in [0.1, 0.15) is 5.82 Å². The Labute approximate surface area is 134 Å².